The summed E-state index contributed by atoms with van der Waals surface area (Å²) in [4.78, 5) is 0. The molecule has 0 spiro atoms. The Labute approximate surface area is 136 Å². The van der Waals surface area contributed by atoms with Crippen LogP contribution in [0.15, 0.2) is 48.5 Å². The van der Waals surface area contributed by atoms with Crippen LogP contribution in [-0.4, -0.2) is 13.1 Å². The molecular formula is C18H19Cl2N. The fourth-order valence-corrected chi connectivity index (χ4v) is 3.45. The minimum atomic E-state index is 0.479. The number of halogens is 2. The van der Waals surface area contributed by atoms with Gasteiger partial charge in [0.05, 0.1) is 10.0 Å². The molecular weight excluding hydrogens is 301 g/mol. The Morgan fingerprint density at radius 1 is 1.10 bits per heavy atom. The molecule has 0 aliphatic heterocycles. The first-order valence-electron chi connectivity index (χ1n) is 7.35. The highest BCUT2D eigenvalue weighted by Crippen LogP contribution is 2.50. The fourth-order valence-electron chi connectivity index (χ4n) is 3.13. The zero-order valence-electron chi connectivity index (χ0n) is 12.0. The molecule has 21 heavy (non-hydrogen) atoms. The van der Waals surface area contributed by atoms with Gasteiger partial charge >= 0.3 is 0 Å². The van der Waals surface area contributed by atoms with Crippen molar-refractivity contribution in [2.75, 3.05) is 7.05 Å². The Balaban J connectivity index is 1.68. The number of hydrogen-bond donors (Lipinski definition) is 1. The van der Waals surface area contributed by atoms with Crippen molar-refractivity contribution in [3.63, 3.8) is 0 Å². The molecule has 1 aliphatic rings. The van der Waals surface area contributed by atoms with Crippen molar-refractivity contribution in [1.29, 1.82) is 0 Å². The van der Waals surface area contributed by atoms with E-state index in [0.717, 1.165) is 6.42 Å². The minimum absolute atomic E-state index is 0.479. The van der Waals surface area contributed by atoms with Crippen LogP contribution in [0.5, 0.6) is 0 Å². The van der Waals surface area contributed by atoms with Crippen molar-refractivity contribution < 1.29 is 0 Å². The lowest BCUT2D eigenvalue weighted by Gasteiger charge is -2.17. The quantitative estimate of drug-likeness (QED) is 0.824. The van der Waals surface area contributed by atoms with Gasteiger partial charge in [0.25, 0.3) is 0 Å². The van der Waals surface area contributed by atoms with Gasteiger partial charge in [-0.3, -0.25) is 0 Å². The highest BCUT2D eigenvalue weighted by molar-refractivity contribution is 6.42. The van der Waals surface area contributed by atoms with Gasteiger partial charge in [0, 0.05) is 6.04 Å². The summed E-state index contributed by atoms with van der Waals surface area (Å²) < 4.78 is 0. The highest BCUT2D eigenvalue weighted by atomic mass is 35.5. The lowest BCUT2D eigenvalue weighted by Crippen LogP contribution is -2.30. The van der Waals surface area contributed by atoms with Gasteiger partial charge in [-0.05, 0) is 55.0 Å². The summed E-state index contributed by atoms with van der Waals surface area (Å²) in [6.07, 6.45) is 2.25. The van der Waals surface area contributed by atoms with Gasteiger partial charge in [0.15, 0.2) is 0 Å². The predicted octanol–water partition coefficient (Wildman–Crippen LogP) is 4.93. The standard InChI is InChI=1S/C18H19Cl2N/c1-21-18(10-12-7-8-16(19)17(20)9-12)15-11-14(15)13-5-3-2-4-6-13/h2-9,14-15,18,21H,10-11H2,1H3. The van der Waals surface area contributed by atoms with Gasteiger partial charge < -0.3 is 5.32 Å². The third kappa shape index (κ3) is 3.42. The molecule has 1 saturated carbocycles. The second kappa shape index (κ2) is 6.39. The molecule has 3 heteroatoms. The van der Waals surface area contributed by atoms with E-state index in [2.05, 4.69) is 41.7 Å². The van der Waals surface area contributed by atoms with Gasteiger partial charge in [-0.25, -0.2) is 0 Å². The maximum Gasteiger partial charge on any atom is 0.0595 e. The zero-order valence-corrected chi connectivity index (χ0v) is 13.5. The van der Waals surface area contributed by atoms with Gasteiger partial charge in [-0.15, -0.1) is 0 Å². The largest absolute Gasteiger partial charge is 0.316 e. The van der Waals surface area contributed by atoms with Crippen LogP contribution >= 0.6 is 23.2 Å². The number of nitrogens with one attached hydrogen (secondary N) is 1. The minimum Gasteiger partial charge on any atom is -0.316 e. The van der Waals surface area contributed by atoms with Crippen LogP contribution < -0.4 is 5.32 Å². The van der Waals surface area contributed by atoms with E-state index in [1.165, 1.54) is 17.5 Å². The molecule has 2 aromatic rings. The van der Waals surface area contributed by atoms with Crippen molar-refractivity contribution >= 4 is 23.2 Å². The molecule has 0 radical (unpaired) electrons. The Morgan fingerprint density at radius 3 is 2.52 bits per heavy atom. The lowest BCUT2D eigenvalue weighted by atomic mass is 9.99. The van der Waals surface area contributed by atoms with E-state index in [1.807, 2.05) is 19.2 Å². The average Bonchev–Trinajstić information content (AvgIpc) is 3.30. The number of hydrogen-bond acceptors (Lipinski definition) is 1. The topological polar surface area (TPSA) is 12.0 Å². The molecule has 3 atom stereocenters. The van der Waals surface area contributed by atoms with Crippen molar-refractivity contribution in [2.45, 2.75) is 24.8 Å². The molecule has 3 rings (SSSR count). The van der Waals surface area contributed by atoms with E-state index in [-0.39, 0.29) is 0 Å². The molecule has 1 nitrogen and oxygen atoms in total. The Kier molecular flexibility index (Phi) is 4.54. The first-order chi connectivity index (χ1) is 10.2. The van der Waals surface area contributed by atoms with Crippen LogP contribution in [0.25, 0.3) is 0 Å². The number of likely N-dealkylation sites (N-methyl/N-ethyl adjacent to an activating group) is 1. The van der Waals surface area contributed by atoms with Crippen molar-refractivity contribution in [2.24, 2.45) is 5.92 Å². The van der Waals surface area contributed by atoms with E-state index in [0.29, 0.717) is 27.9 Å². The molecule has 0 amide bonds. The second-order valence-electron chi connectivity index (χ2n) is 5.76. The maximum absolute atomic E-state index is 6.11. The summed E-state index contributed by atoms with van der Waals surface area (Å²) >= 11 is 12.1. The van der Waals surface area contributed by atoms with Crippen LogP contribution in [-0.2, 0) is 6.42 Å². The van der Waals surface area contributed by atoms with E-state index >= 15 is 0 Å². The Morgan fingerprint density at radius 2 is 1.86 bits per heavy atom. The predicted molar refractivity (Wildman–Crippen MR) is 90.3 cm³/mol. The molecule has 0 heterocycles. The number of rotatable bonds is 5. The maximum atomic E-state index is 6.11. The summed E-state index contributed by atoms with van der Waals surface area (Å²) in [5.74, 6) is 1.39. The molecule has 1 N–H and O–H groups in total. The summed E-state index contributed by atoms with van der Waals surface area (Å²) in [5, 5.41) is 4.73. The SMILES string of the molecule is CNC(Cc1ccc(Cl)c(Cl)c1)C1CC1c1ccccc1. The smallest absolute Gasteiger partial charge is 0.0595 e. The summed E-state index contributed by atoms with van der Waals surface area (Å²) in [5.41, 5.74) is 2.69. The van der Waals surface area contributed by atoms with Gasteiger partial charge in [0.1, 0.15) is 0 Å². The van der Waals surface area contributed by atoms with Crippen LogP contribution in [0.1, 0.15) is 23.5 Å². The first kappa shape index (κ1) is 14.9. The molecule has 0 aromatic heterocycles. The van der Waals surface area contributed by atoms with Crippen LogP contribution in [0, 0.1) is 5.92 Å². The van der Waals surface area contributed by atoms with Gasteiger partial charge in [-0.1, -0.05) is 59.6 Å². The lowest BCUT2D eigenvalue weighted by molar-refractivity contribution is 0.491. The molecule has 0 saturated heterocycles. The van der Waals surface area contributed by atoms with Crippen LogP contribution in [0.3, 0.4) is 0 Å². The van der Waals surface area contributed by atoms with Crippen LogP contribution in [0.2, 0.25) is 10.0 Å². The normalized spacial score (nSPS) is 22.0. The highest BCUT2D eigenvalue weighted by Gasteiger charge is 2.42. The van der Waals surface area contributed by atoms with E-state index in [4.69, 9.17) is 23.2 Å². The van der Waals surface area contributed by atoms with E-state index in [9.17, 15) is 0 Å². The summed E-state index contributed by atoms with van der Waals surface area (Å²) in [6, 6.07) is 17.2. The third-order valence-corrected chi connectivity index (χ3v) is 5.13. The monoisotopic (exact) mass is 319 g/mol. The average molecular weight is 320 g/mol. The van der Waals surface area contributed by atoms with Crippen LogP contribution in [0.4, 0.5) is 0 Å². The van der Waals surface area contributed by atoms with E-state index in [1.54, 1.807) is 0 Å². The van der Waals surface area contributed by atoms with Gasteiger partial charge in [-0.2, -0.15) is 0 Å². The van der Waals surface area contributed by atoms with Gasteiger partial charge in [0.2, 0.25) is 0 Å². The Bertz CT molecular complexity index is 612. The molecule has 3 unspecified atom stereocenters. The molecule has 110 valence electrons. The second-order valence-corrected chi connectivity index (χ2v) is 6.58. The Hall–Kier alpha value is -1.02. The summed E-state index contributed by atoms with van der Waals surface area (Å²) in [6.45, 7) is 0. The molecule has 1 fully saturated rings. The molecule has 1 aliphatic carbocycles. The molecule has 0 bridgehead atoms. The van der Waals surface area contributed by atoms with E-state index < -0.39 is 0 Å². The summed E-state index contributed by atoms with van der Waals surface area (Å²) in [7, 11) is 2.04. The number of benzene rings is 2. The van der Waals surface area contributed by atoms with Crippen molar-refractivity contribution in [3.05, 3.63) is 69.7 Å². The first-order valence-corrected chi connectivity index (χ1v) is 8.10. The van der Waals surface area contributed by atoms with Crippen molar-refractivity contribution in [1.82, 2.24) is 5.32 Å². The van der Waals surface area contributed by atoms with Crippen molar-refractivity contribution in [3.8, 4) is 0 Å². The zero-order chi connectivity index (χ0) is 14.8. The molecule has 2 aromatic carbocycles. The fraction of sp³-hybridized carbons (Fsp3) is 0.333. The third-order valence-electron chi connectivity index (χ3n) is 4.39.